The van der Waals surface area contributed by atoms with Gasteiger partial charge in [0.15, 0.2) is 0 Å². The minimum atomic E-state index is -0.524. The van der Waals surface area contributed by atoms with Crippen LogP contribution in [0.2, 0.25) is 0 Å². The van der Waals surface area contributed by atoms with E-state index in [0.29, 0.717) is 5.06 Å². The van der Waals surface area contributed by atoms with E-state index in [-0.39, 0.29) is 0 Å². The van der Waals surface area contributed by atoms with Crippen LogP contribution in [-0.4, -0.2) is 23.3 Å². The number of halogens is 1. The number of aryl methyl sites for hydroxylation is 1. The summed E-state index contributed by atoms with van der Waals surface area (Å²) in [6.45, 7) is 3.74. The molecule has 1 aromatic rings. The average Bonchev–Trinajstić information content (AvgIpc) is 2.29. The van der Waals surface area contributed by atoms with E-state index in [9.17, 15) is 10.0 Å². The minimum Gasteiger partial charge on any atom is -0.339 e. The second-order valence-corrected chi connectivity index (χ2v) is 4.44. The van der Waals surface area contributed by atoms with Crippen molar-refractivity contribution in [3.63, 3.8) is 0 Å². The molecule has 1 rings (SSSR count). The van der Waals surface area contributed by atoms with Gasteiger partial charge in [-0.1, -0.05) is 28.1 Å². The smallest absolute Gasteiger partial charge is 0.339 e. The number of carbonyl (C=O) groups excluding carboxylic acids is 1. The van der Waals surface area contributed by atoms with E-state index in [1.54, 1.807) is 6.92 Å². The van der Waals surface area contributed by atoms with Crippen LogP contribution in [0, 0.1) is 6.92 Å². The largest absolute Gasteiger partial charge is 0.341 e. The van der Waals surface area contributed by atoms with E-state index < -0.39 is 12.1 Å². The zero-order valence-electron chi connectivity index (χ0n) is 9.49. The van der Waals surface area contributed by atoms with Gasteiger partial charge < -0.3 is 5.32 Å². The summed E-state index contributed by atoms with van der Waals surface area (Å²) in [6.07, 6.45) is 0. The van der Waals surface area contributed by atoms with E-state index in [1.807, 2.05) is 25.1 Å². The van der Waals surface area contributed by atoms with Crippen LogP contribution in [0.4, 0.5) is 4.79 Å². The van der Waals surface area contributed by atoms with Crippen molar-refractivity contribution in [2.75, 3.05) is 7.05 Å². The predicted molar refractivity (Wildman–Crippen MR) is 65.4 cm³/mol. The molecule has 0 saturated carbocycles. The fourth-order valence-electron chi connectivity index (χ4n) is 1.30. The maximum Gasteiger partial charge on any atom is 0.341 e. The van der Waals surface area contributed by atoms with Crippen LogP contribution in [0.15, 0.2) is 22.7 Å². The summed E-state index contributed by atoms with van der Waals surface area (Å²) in [5.74, 6) is 0. The molecule has 1 unspecified atom stereocenters. The number of hydroxylamine groups is 2. The van der Waals surface area contributed by atoms with Gasteiger partial charge in [0.05, 0.1) is 6.04 Å². The van der Waals surface area contributed by atoms with E-state index in [2.05, 4.69) is 21.2 Å². The van der Waals surface area contributed by atoms with E-state index in [0.717, 1.165) is 15.6 Å². The highest BCUT2D eigenvalue weighted by Crippen LogP contribution is 2.24. The lowest BCUT2D eigenvalue weighted by molar-refractivity contribution is -0.0738. The number of amides is 2. The number of nitrogens with zero attached hydrogens (tertiary/aromatic N) is 1. The first-order chi connectivity index (χ1) is 7.47. The molecule has 16 heavy (non-hydrogen) atoms. The van der Waals surface area contributed by atoms with Gasteiger partial charge >= 0.3 is 6.03 Å². The quantitative estimate of drug-likeness (QED) is 0.649. The number of benzene rings is 1. The van der Waals surface area contributed by atoms with Crippen LogP contribution < -0.4 is 5.32 Å². The fraction of sp³-hybridized carbons (Fsp3) is 0.364. The molecule has 0 heterocycles. The highest BCUT2D eigenvalue weighted by atomic mass is 79.9. The summed E-state index contributed by atoms with van der Waals surface area (Å²) in [5.41, 5.74) is 1.98. The third-order valence-electron chi connectivity index (χ3n) is 2.47. The van der Waals surface area contributed by atoms with Crippen molar-refractivity contribution >= 4 is 22.0 Å². The molecule has 0 aliphatic heterocycles. The lowest BCUT2D eigenvalue weighted by Crippen LogP contribution is -2.37. The van der Waals surface area contributed by atoms with Crippen LogP contribution >= 0.6 is 15.9 Å². The first-order valence-corrected chi connectivity index (χ1v) is 5.72. The Kier molecular flexibility index (Phi) is 4.32. The number of carbonyl (C=O) groups is 1. The maximum atomic E-state index is 11.2. The third kappa shape index (κ3) is 2.74. The molecule has 0 aromatic heterocycles. The molecule has 0 aliphatic rings. The van der Waals surface area contributed by atoms with Crippen LogP contribution in [0.25, 0.3) is 0 Å². The predicted octanol–water partition coefficient (Wildman–Crippen LogP) is 2.85. The van der Waals surface area contributed by atoms with Crippen molar-refractivity contribution in [3.8, 4) is 0 Å². The first-order valence-electron chi connectivity index (χ1n) is 4.93. The second kappa shape index (κ2) is 5.32. The van der Waals surface area contributed by atoms with Gasteiger partial charge in [-0.3, -0.25) is 5.21 Å². The van der Waals surface area contributed by atoms with Crippen molar-refractivity contribution in [2.24, 2.45) is 0 Å². The van der Waals surface area contributed by atoms with Gasteiger partial charge in [-0.25, -0.2) is 4.79 Å². The van der Waals surface area contributed by atoms with Crippen molar-refractivity contribution in [2.45, 2.75) is 19.9 Å². The lowest BCUT2D eigenvalue weighted by atomic mass is 10.1. The Labute approximate surface area is 103 Å². The normalized spacial score (nSPS) is 12.1. The van der Waals surface area contributed by atoms with Crippen molar-refractivity contribution in [1.82, 2.24) is 10.4 Å². The summed E-state index contributed by atoms with van der Waals surface area (Å²) in [7, 11) is 1.48. The molecule has 4 nitrogen and oxygen atoms in total. The van der Waals surface area contributed by atoms with Crippen LogP contribution in [0.5, 0.6) is 0 Å². The Balaban J connectivity index is 2.91. The molecule has 1 atom stereocenters. The zero-order valence-corrected chi connectivity index (χ0v) is 11.1. The van der Waals surface area contributed by atoms with Crippen molar-refractivity contribution in [1.29, 1.82) is 0 Å². The molecule has 2 amide bonds. The Bertz CT molecular complexity index is 396. The molecule has 5 heteroatoms. The van der Waals surface area contributed by atoms with E-state index in [4.69, 9.17) is 0 Å². The number of rotatable bonds is 2. The summed E-state index contributed by atoms with van der Waals surface area (Å²) >= 11 is 3.42. The summed E-state index contributed by atoms with van der Waals surface area (Å²) in [6, 6.07) is 4.80. The Morgan fingerprint density at radius 2 is 2.19 bits per heavy atom. The molecule has 0 fully saturated rings. The first kappa shape index (κ1) is 13.0. The van der Waals surface area contributed by atoms with E-state index >= 15 is 0 Å². The molecular formula is C11H15BrN2O2. The summed E-state index contributed by atoms with van der Waals surface area (Å²) < 4.78 is 0.960. The fourth-order valence-corrected chi connectivity index (χ4v) is 1.70. The standard InChI is InChI=1S/C11H15BrN2O2/c1-7-4-5-9(6-10(7)12)8(2)14(16)11(15)13-3/h4-6,8,16H,1-3H3,(H,13,15). The molecule has 1 aromatic carbocycles. The molecule has 88 valence electrons. The van der Waals surface area contributed by atoms with Gasteiger partial charge in [-0.15, -0.1) is 0 Å². The second-order valence-electron chi connectivity index (χ2n) is 3.58. The number of urea groups is 1. The number of hydrogen-bond donors (Lipinski definition) is 2. The van der Waals surface area contributed by atoms with Gasteiger partial charge in [0.1, 0.15) is 0 Å². The molecule has 2 N–H and O–H groups in total. The third-order valence-corrected chi connectivity index (χ3v) is 3.32. The average molecular weight is 287 g/mol. The number of hydrogen-bond acceptors (Lipinski definition) is 2. The molecule has 0 saturated heterocycles. The molecule has 0 radical (unpaired) electrons. The van der Waals surface area contributed by atoms with Crippen molar-refractivity contribution in [3.05, 3.63) is 33.8 Å². The Hall–Kier alpha value is -1.07. The number of nitrogens with one attached hydrogen (secondary N) is 1. The molecule has 0 aliphatic carbocycles. The van der Waals surface area contributed by atoms with Gasteiger partial charge in [0, 0.05) is 11.5 Å². The zero-order chi connectivity index (χ0) is 12.3. The van der Waals surface area contributed by atoms with Crippen LogP contribution in [0.1, 0.15) is 24.1 Å². The highest BCUT2D eigenvalue weighted by molar-refractivity contribution is 9.10. The maximum absolute atomic E-state index is 11.2. The van der Waals surface area contributed by atoms with Crippen LogP contribution in [-0.2, 0) is 0 Å². The molecule has 0 bridgehead atoms. The van der Waals surface area contributed by atoms with Gasteiger partial charge in [-0.2, -0.15) is 5.06 Å². The summed E-state index contributed by atoms with van der Waals surface area (Å²) in [5, 5.41) is 12.7. The highest BCUT2D eigenvalue weighted by Gasteiger charge is 2.18. The molecule has 0 spiro atoms. The SMILES string of the molecule is CNC(=O)N(O)C(C)c1ccc(C)c(Br)c1. The summed E-state index contributed by atoms with van der Waals surface area (Å²) in [4.78, 5) is 11.2. The Morgan fingerprint density at radius 1 is 1.56 bits per heavy atom. The Morgan fingerprint density at radius 3 is 2.69 bits per heavy atom. The monoisotopic (exact) mass is 286 g/mol. The van der Waals surface area contributed by atoms with E-state index in [1.165, 1.54) is 7.05 Å². The topological polar surface area (TPSA) is 52.6 Å². The van der Waals surface area contributed by atoms with Gasteiger partial charge in [-0.05, 0) is 31.0 Å². The van der Waals surface area contributed by atoms with Gasteiger partial charge in [0.25, 0.3) is 0 Å². The van der Waals surface area contributed by atoms with Crippen LogP contribution in [0.3, 0.4) is 0 Å². The lowest BCUT2D eigenvalue weighted by Gasteiger charge is -2.22. The molecular weight excluding hydrogens is 272 g/mol. The van der Waals surface area contributed by atoms with Crippen molar-refractivity contribution < 1.29 is 10.0 Å². The van der Waals surface area contributed by atoms with Gasteiger partial charge in [0.2, 0.25) is 0 Å². The minimum absolute atomic E-state index is 0.392.